The van der Waals surface area contributed by atoms with Crippen LogP contribution >= 0.6 is 0 Å². The van der Waals surface area contributed by atoms with Gasteiger partial charge in [-0.1, -0.05) is 133 Å². The van der Waals surface area contributed by atoms with E-state index in [1.54, 1.807) is 0 Å². The summed E-state index contributed by atoms with van der Waals surface area (Å²) in [6.45, 7) is 7.22. The summed E-state index contributed by atoms with van der Waals surface area (Å²) in [7, 11) is 0. The Morgan fingerprint density at radius 3 is 2.20 bits per heavy atom. The Morgan fingerprint density at radius 1 is 0.797 bits per heavy atom. The SMILES string of the molecule is C#CCCN1CCCC1COc1nc2c(c(N3CCN(C(=O)C4=CC=CC=CN4C(c4ccccc4)(c4ccccc4)c4ccccc4)C(CC#N)C3)n1)CCN(c1cccc3cccc(C)c13)C2. The summed E-state index contributed by atoms with van der Waals surface area (Å²) < 4.78 is 6.60. The van der Waals surface area contributed by atoms with E-state index in [0.29, 0.717) is 50.9 Å². The number of carbonyl (C=O) groups excluding carboxylic acids is 1. The number of aryl methyl sites for hydroxylation is 1. The molecule has 1 amide bonds. The molecule has 0 aliphatic carbocycles. The first kappa shape index (κ1) is 45.1. The van der Waals surface area contributed by atoms with E-state index in [0.717, 1.165) is 72.7 Å². The van der Waals surface area contributed by atoms with E-state index in [9.17, 15) is 5.26 Å². The van der Waals surface area contributed by atoms with Gasteiger partial charge in [0.25, 0.3) is 5.91 Å². The van der Waals surface area contributed by atoms with Crippen LogP contribution in [0, 0.1) is 30.6 Å². The molecule has 4 aliphatic heterocycles. The minimum atomic E-state index is -0.924. The van der Waals surface area contributed by atoms with Crippen molar-refractivity contribution in [2.75, 3.05) is 55.7 Å². The zero-order chi connectivity index (χ0) is 47.2. The van der Waals surface area contributed by atoms with Crippen LogP contribution in [0.15, 0.2) is 164 Å². The number of terminal acetylenes is 1. The molecule has 1 aromatic heterocycles. The number of hydrogen-bond donors (Lipinski definition) is 0. The molecular formula is C59H58N8O2. The van der Waals surface area contributed by atoms with Gasteiger partial charge in [-0.2, -0.15) is 15.2 Å². The van der Waals surface area contributed by atoms with Gasteiger partial charge in [-0.05, 0) is 78.6 Å². The van der Waals surface area contributed by atoms with Crippen molar-refractivity contribution >= 4 is 28.2 Å². The lowest BCUT2D eigenvalue weighted by molar-refractivity contribution is -0.131. The van der Waals surface area contributed by atoms with E-state index in [4.69, 9.17) is 21.1 Å². The zero-order valence-electron chi connectivity index (χ0n) is 39.3. The number of rotatable bonds is 13. The third-order valence-electron chi connectivity index (χ3n) is 14.4. The lowest BCUT2D eigenvalue weighted by atomic mass is 9.75. The molecule has 2 fully saturated rings. The van der Waals surface area contributed by atoms with Crippen LogP contribution in [0.2, 0.25) is 0 Å². The fraction of sp³-hybridized carbons (Fsp3) is 0.288. The van der Waals surface area contributed by atoms with Crippen molar-refractivity contribution in [3.8, 4) is 24.4 Å². The Hall–Kier alpha value is -7.66. The Balaban J connectivity index is 0.993. The van der Waals surface area contributed by atoms with E-state index >= 15 is 4.79 Å². The molecule has 2 saturated heterocycles. The Bertz CT molecular complexity index is 2870. The fourth-order valence-electron chi connectivity index (χ4n) is 11.1. The molecule has 346 valence electrons. The highest BCUT2D eigenvalue weighted by Gasteiger charge is 2.46. The molecule has 0 bridgehead atoms. The maximum absolute atomic E-state index is 15.6. The maximum atomic E-state index is 15.6. The van der Waals surface area contributed by atoms with Gasteiger partial charge in [-0.3, -0.25) is 9.69 Å². The summed E-state index contributed by atoms with van der Waals surface area (Å²) in [6, 6.07) is 46.8. The molecule has 10 nitrogen and oxygen atoms in total. The predicted octanol–water partition coefficient (Wildman–Crippen LogP) is 9.56. The van der Waals surface area contributed by atoms with Crippen LogP contribution in [0.3, 0.4) is 0 Å². The first-order valence-corrected chi connectivity index (χ1v) is 24.3. The summed E-state index contributed by atoms with van der Waals surface area (Å²) in [6.07, 6.45) is 19.2. The molecule has 5 aromatic carbocycles. The number of nitriles is 1. The number of amides is 1. The van der Waals surface area contributed by atoms with E-state index < -0.39 is 11.6 Å². The largest absolute Gasteiger partial charge is 0.462 e. The molecule has 2 atom stereocenters. The van der Waals surface area contributed by atoms with Gasteiger partial charge in [0.05, 0.1) is 30.8 Å². The highest BCUT2D eigenvalue weighted by Crippen LogP contribution is 2.46. The third kappa shape index (κ3) is 8.85. The average Bonchev–Trinajstić information content (AvgIpc) is 3.71. The number of likely N-dealkylation sites (tertiary alicyclic amines) is 1. The topological polar surface area (TPSA) is 92.1 Å². The molecule has 0 saturated carbocycles. The van der Waals surface area contributed by atoms with Crippen LogP contribution in [0.1, 0.15) is 59.2 Å². The number of ether oxygens (including phenoxy) is 1. The molecule has 2 unspecified atom stereocenters. The summed E-state index contributed by atoms with van der Waals surface area (Å²) >= 11 is 0. The molecule has 0 spiro atoms. The molecular weight excluding hydrogens is 853 g/mol. The first-order valence-electron chi connectivity index (χ1n) is 24.3. The van der Waals surface area contributed by atoms with E-state index in [-0.39, 0.29) is 18.4 Å². The average molecular weight is 911 g/mol. The van der Waals surface area contributed by atoms with E-state index in [1.165, 1.54) is 22.0 Å². The summed E-state index contributed by atoms with van der Waals surface area (Å²) in [4.78, 5) is 37.2. The zero-order valence-corrected chi connectivity index (χ0v) is 39.3. The highest BCUT2D eigenvalue weighted by atomic mass is 16.5. The number of hydrogen-bond acceptors (Lipinski definition) is 9. The van der Waals surface area contributed by atoms with Gasteiger partial charge in [-0.25, -0.2) is 0 Å². The van der Waals surface area contributed by atoms with Crippen LogP contribution in [0.5, 0.6) is 6.01 Å². The number of nitrogens with zero attached hydrogens (tertiary/aromatic N) is 8. The molecule has 10 heteroatoms. The number of aromatic nitrogens is 2. The normalized spacial score (nSPS) is 18.3. The quantitative estimate of drug-likeness (QED) is 0.0831. The van der Waals surface area contributed by atoms with Crippen LogP contribution in [-0.4, -0.2) is 88.5 Å². The number of benzene rings is 5. The second-order valence-electron chi connectivity index (χ2n) is 18.4. The predicted molar refractivity (Wildman–Crippen MR) is 274 cm³/mol. The number of anilines is 2. The van der Waals surface area contributed by atoms with Crippen molar-refractivity contribution in [1.29, 1.82) is 5.26 Å². The van der Waals surface area contributed by atoms with Crippen LogP contribution in [0.4, 0.5) is 11.5 Å². The summed E-state index contributed by atoms with van der Waals surface area (Å²) in [5.41, 5.74) is 7.09. The number of allylic oxidation sites excluding steroid dienone is 4. The van der Waals surface area contributed by atoms with Gasteiger partial charge in [0.15, 0.2) is 0 Å². The van der Waals surface area contributed by atoms with Gasteiger partial charge in [0.2, 0.25) is 0 Å². The van der Waals surface area contributed by atoms with Crippen LogP contribution in [-0.2, 0) is 23.3 Å². The lowest BCUT2D eigenvalue weighted by Crippen LogP contribution is -2.58. The number of carbonyl (C=O) groups is 1. The van der Waals surface area contributed by atoms with Crippen molar-refractivity contribution in [1.82, 2.24) is 24.7 Å². The van der Waals surface area contributed by atoms with Gasteiger partial charge < -0.3 is 24.3 Å². The lowest BCUT2D eigenvalue weighted by Gasteiger charge is -2.48. The summed E-state index contributed by atoms with van der Waals surface area (Å²) in [5.74, 6) is 3.48. The van der Waals surface area contributed by atoms with Gasteiger partial charge in [0, 0.05) is 68.0 Å². The van der Waals surface area contributed by atoms with E-state index in [2.05, 4.69) is 148 Å². The van der Waals surface area contributed by atoms with E-state index in [1.807, 2.05) is 53.6 Å². The Labute approximate surface area is 406 Å². The Kier molecular flexibility index (Phi) is 13.3. The van der Waals surface area contributed by atoms with Gasteiger partial charge in [-0.15, -0.1) is 12.3 Å². The minimum Gasteiger partial charge on any atom is -0.462 e. The molecule has 0 N–H and O–H groups in total. The van der Waals surface area contributed by atoms with Crippen molar-refractivity contribution < 1.29 is 9.53 Å². The number of piperazine rings is 1. The molecule has 6 aromatic rings. The number of fused-ring (bicyclic) bond motifs is 2. The fourth-order valence-corrected chi connectivity index (χ4v) is 11.1. The molecule has 10 rings (SSSR count). The van der Waals surface area contributed by atoms with Crippen molar-refractivity contribution in [3.63, 3.8) is 0 Å². The highest BCUT2D eigenvalue weighted by molar-refractivity contribution is 5.97. The second-order valence-corrected chi connectivity index (χ2v) is 18.4. The molecule has 0 radical (unpaired) electrons. The minimum absolute atomic E-state index is 0.140. The monoisotopic (exact) mass is 910 g/mol. The van der Waals surface area contributed by atoms with Gasteiger partial charge >= 0.3 is 6.01 Å². The smallest absolute Gasteiger partial charge is 0.318 e. The second kappa shape index (κ2) is 20.3. The van der Waals surface area contributed by atoms with Crippen molar-refractivity contribution in [3.05, 3.63) is 197 Å². The molecule has 69 heavy (non-hydrogen) atoms. The van der Waals surface area contributed by atoms with Crippen LogP contribution < -0.4 is 14.5 Å². The molecule has 4 aliphatic rings. The Morgan fingerprint density at radius 2 is 1.51 bits per heavy atom. The van der Waals surface area contributed by atoms with Gasteiger partial charge in [0.1, 0.15) is 23.7 Å². The maximum Gasteiger partial charge on any atom is 0.318 e. The summed E-state index contributed by atoms with van der Waals surface area (Å²) in [5, 5.41) is 12.9. The van der Waals surface area contributed by atoms with Crippen molar-refractivity contribution in [2.24, 2.45) is 0 Å². The van der Waals surface area contributed by atoms with Crippen molar-refractivity contribution in [2.45, 2.75) is 63.2 Å². The standard InChI is InChI=1S/C59H58N8O2/c1-3-4-35-63-36-19-29-50(63)43-69-58-61-52-42-64(53-31-18-22-45-21-17-20-44(2)55(45)53)38-33-51(52)56(62-58)65-39-40-66(49(41-65)32-34-60)57(68)54-30-15-8-16-37-67(54)59(46-23-9-5-10-24-46,47-25-11-6-12-26-47)48-27-13-7-14-28-48/h1,5-18,20-28,30-31,37,49-50H,4,19,29,32-33,35-36,38-43H2,2H3. The van der Waals surface area contributed by atoms with Crippen LogP contribution in [0.25, 0.3) is 10.8 Å². The first-order chi connectivity index (χ1) is 34.0. The molecule has 5 heterocycles. The third-order valence-corrected chi connectivity index (χ3v) is 14.4.